The number of likely N-dealkylation sites (tertiary alicyclic amines) is 1. The summed E-state index contributed by atoms with van der Waals surface area (Å²) in [6.45, 7) is 8.74. The Balaban J connectivity index is 1.22. The van der Waals surface area contributed by atoms with Crippen LogP contribution in [-0.4, -0.2) is 56.6 Å². The molecule has 2 aromatic heterocycles. The van der Waals surface area contributed by atoms with E-state index in [9.17, 15) is 9.59 Å². The summed E-state index contributed by atoms with van der Waals surface area (Å²) in [4.78, 5) is 41.2. The minimum atomic E-state index is -0.552. The lowest BCUT2D eigenvalue weighted by Gasteiger charge is -2.34. The fourth-order valence-electron chi connectivity index (χ4n) is 5.77. The molecule has 2 amide bonds. The molecule has 1 unspecified atom stereocenters. The zero-order valence-electron chi connectivity index (χ0n) is 27.7. The number of anilines is 2. The van der Waals surface area contributed by atoms with Gasteiger partial charge in [0.15, 0.2) is 0 Å². The molecule has 6 rings (SSSR count). The lowest BCUT2D eigenvalue weighted by molar-refractivity contribution is -0.115. The summed E-state index contributed by atoms with van der Waals surface area (Å²) in [5.41, 5.74) is 3.36. The largest absolute Gasteiger partial charge is 0.444 e. The fourth-order valence-corrected chi connectivity index (χ4v) is 5.77. The molecule has 3 aromatic carbocycles. The minimum Gasteiger partial charge on any atom is -0.444 e. The van der Waals surface area contributed by atoms with Crippen LogP contribution in [-0.2, 0) is 16.0 Å². The lowest BCUT2D eigenvalue weighted by Crippen LogP contribution is -2.47. The normalized spacial score (nSPS) is 14.8. The number of benzene rings is 3. The predicted molar refractivity (Wildman–Crippen MR) is 187 cm³/mol. The van der Waals surface area contributed by atoms with E-state index in [1.807, 2.05) is 107 Å². The van der Waals surface area contributed by atoms with E-state index in [0.29, 0.717) is 47.6 Å². The Kier molecular flexibility index (Phi) is 9.52. The van der Waals surface area contributed by atoms with Gasteiger partial charge in [-0.25, -0.2) is 19.7 Å². The van der Waals surface area contributed by atoms with E-state index in [4.69, 9.17) is 14.5 Å². The Morgan fingerprint density at radius 3 is 2.56 bits per heavy atom. The molecule has 246 valence electrons. The van der Waals surface area contributed by atoms with Gasteiger partial charge in [-0.1, -0.05) is 54.6 Å². The average Bonchev–Trinajstić information content (AvgIpc) is 3.06. The number of nitrogens with one attached hydrogen (secondary N) is 2. The second-order valence-corrected chi connectivity index (χ2v) is 13.0. The summed E-state index contributed by atoms with van der Waals surface area (Å²) < 4.78 is 12.2. The molecule has 48 heavy (non-hydrogen) atoms. The molecule has 1 aliphatic heterocycles. The molecular weight excluding hydrogens is 604 g/mol. The van der Waals surface area contributed by atoms with Crippen molar-refractivity contribution in [3.63, 3.8) is 0 Å². The molecule has 10 nitrogen and oxygen atoms in total. The number of carbonyl (C=O) groups is 2. The van der Waals surface area contributed by atoms with Crippen molar-refractivity contribution in [1.29, 1.82) is 0 Å². The van der Waals surface area contributed by atoms with Crippen LogP contribution < -0.4 is 15.4 Å². The number of pyridine rings is 1. The van der Waals surface area contributed by atoms with Gasteiger partial charge in [0.25, 0.3) is 0 Å². The van der Waals surface area contributed by atoms with Crippen molar-refractivity contribution in [3.8, 4) is 22.9 Å². The molecule has 0 aliphatic carbocycles. The number of aryl methyl sites for hydroxylation is 1. The van der Waals surface area contributed by atoms with E-state index in [-0.39, 0.29) is 24.5 Å². The molecule has 3 heterocycles. The third-order valence-electron chi connectivity index (χ3n) is 8.00. The molecule has 0 saturated carbocycles. The highest BCUT2D eigenvalue weighted by Crippen LogP contribution is 2.38. The second-order valence-electron chi connectivity index (χ2n) is 13.0. The molecule has 0 spiro atoms. The van der Waals surface area contributed by atoms with E-state index in [2.05, 4.69) is 20.6 Å². The monoisotopic (exact) mass is 644 g/mol. The Morgan fingerprint density at radius 2 is 1.75 bits per heavy atom. The Labute approximate surface area is 280 Å². The van der Waals surface area contributed by atoms with Gasteiger partial charge in [-0.2, -0.15) is 0 Å². The maximum atomic E-state index is 12.9. The van der Waals surface area contributed by atoms with Crippen LogP contribution in [0, 0.1) is 6.92 Å². The van der Waals surface area contributed by atoms with Crippen molar-refractivity contribution in [2.45, 2.75) is 58.6 Å². The lowest BCUT2D eigenvalue weighted by atomic mass is 10.0. The van der Waals surface area contributed by atoms with Gasteiger partial charge in [-0.15, -0.1) is 0 Å². The number of carbonyl (C=O) groups excluding carboxylic acids is 2. The number of piperidine rings is 1. The van der Waals surface area contributed by atoms with Crippen LogP contribution in [0.15, 0.2) is 91.3 Å². The maximum absolute atomic E-state index is 12.9. The van der Waals surface area contributed by atoms with Crippen LogP contribution in [0.4, 0.5) is 16.4 Å². The number of nitrogens with zero attached hydrogens (tertiary/aromatic N) is 4. The highest BCUT2D eigenvalue weighted by atomic mass is 16.6. The Morgan fingerprint density at radius 1 is 0.917 bits per heavy atom. The van der Waals surface area contributed by atoms with Gasteiger partial charge >= 0.3 is 6.09 Å². The van der Waals surface area contributed by atoms with E-state index in [1.165, 1.54) is 0 Å². The van der Waals surface area contributed by atoms with Gasteiger partial charge in [0.05, 0.1) is 17.7 Å². The number of aromatic nitrogens is 3. The number of rotatable bonds is 8. The zero-order chi connectivity index (χ0) is 33.7. The molecule has 2 N–H and O–H groups in total. The van der Waals surface area contributed by atoms with E-state index < -0.39 is 5.60 Å². The van der Waals surface area contributed by atoms with Crippen molar-refractivity contribution in [2.24, 2.45) is 0 Å². The summed E-state index contributed by atoms with van der Waals surface area (Å²) >= 11 is 0. The van der Waals surface area contributed by atoms with Crippen LogP contribution in [0.25, 0.3) is 22.0 Å². The predicted octanol–water partition coefficient (Wildman–Crippen LogP) is 7.79. The van der Waals surface area contributed by atoms with Crippen molar-refractivity contribution in [1.82, 2.24) is 19.9 Å². The van der Waals surface area contributed by atoms with Crippen LogP contribution in [0.1, 0.15) is 44.7 Å². The van der Waals surface area contributed by atoms with Crippen LogP contribution in [0.3, 0.4) is 0 Å². The fraction of sp³-hybridized carbons (Fsp3) is 0.289. The molecule has 1 saturated heterocycles. The van der Waals surface area contributed by atoms with E-state index >= 15 is 0 Å². The van der Waals surface area contributed by atoms with Gasteiger partial charge < -0.3 is 25.0 Å². The molecular formula is C38H40N6O4. The topological polar surface area (TPSA) is 119 Å². The third kappa shape index (κ3) is 7.88. The van der Waals surface area contributed by atoms with E-state index in [0.717, 1.165) is 34.7 Å². The van der Waals surface area contributed by atoms with Crippen LogP contribution >= 0.6 is 0 Å². The summed E-state index contributed by atoms with van der Waals surface area (Å²) in [7, 11) is 0. The van der Waals surface area contributed by atoms with Crippen molar-refractivity contribution >= 4 is 34.4 Å². The number of hydrogen-bond acceptors (Lipinski definition) is 8. The van der Waals surface area contributed by atoms with Gasteiger partial charge in [0.2, 0.25) is 17.7 Å². The quantitative estimate of drug-likeness (QED) is 0.176. The molecule has 1 atom stereocenters. The minimum absolute atomic E-state index is 0.0214. The molecule has 1 fully saturated rings. The SMILES string of the molecule is Cc1ccc2c(NC(=O)Cc3ccccc3)cccc2c1Oc1ncccc1-c1ccnc(NC2CCCN(C(=O)OC(C)(C)C)C2)n1. The van der Waals surface area contributed by atoms with Crippen molar-refractivity contribution in [3.05, 3.63) is 102 Å². The number of fused-ring (bicyclic) bond motifs is 1. The first-order valence-corrected chi connectivity index (χ1v) is 16.2. The summed E-state index contributed by atoms with van der Waals surface area (Å²) in [6, 6.07) is 25.0. The van der Waals surface area contributed by atoms with Crippen molar-refractivity contribution < 1.29 is 19.1 Å². The highest BCUT2D eigenvalue weighted by molar-refractivity contribution is 6.05. The summed E-state index contributed by atoms with van der Waals surface area (Å²) in [5, 5.41) is 8.20. The Hall–Kier alpha value is -5.51. The van der Waals surface area contributed by atoms with Crippen LogP contribution in [0.5, 0.6) is 11.6 Å². The maximum Gasteiger partial charge on any atom is 0.410 e. The first-order valence-electron chi connectivity index (χ1n) is 16.2. The van der Waals surface area contributed by atoms with Gasteiger partial charge in [-0.05, 0) is 75.9 Å². The van der Waals surface area contributed by atoms with Crippen LogP contribution in [0.2, 0.25) is 0 Å². The molecule has 5 aromatic rings. The number of amides is 2. The standard InChI is InChI=1S/C38H40N6O4/c1-25-17-18-28-29(14-8-16-31(28)42-33(45)23-26-11-6-5-7-12-26)34(25)47-35-30(15-9-20-39-35)32-19-21-40-36(43-32)41-27-13-10-22-44(24-27)37(46)48-38(2,3)4/h5-9,11-12,14-21,27H,10,13,22-24H2,1-4H3,(H,42,45)(H,40,41,43). The number of ether oxygens (including phenoxy) is 2. The first-order chi connectivity index (χ1) is 23.1. The zero-order valence-corrected chi connectivity index (χ0v) is 27.7. The summed E-state index contributed by atoms with van der Waals surface area (Å²) in [5.74, 6) is 1.40. The molecule has 1 aliphatic rings. The first kappa shape index (κ1) is 32.4. The second kappa shape index (κ2) is 14.1. The molecule has 0 bridgehead atoms. The molecule has 0 radical (unpaired) electrons. The number of hydrogen-bond donors (Lipinski definition) is 2. The van der Waals surface area contributed by atoms with Gasteiger partial charge in [-0.3, -0.25) is 4.79 Å². The van der Waals surface area contributed by atoms with Gasteiger partial charge in [0, 0.05) is 48.0 Å². The summed E-state index contributed by atoms with van der Waals surface area (Å²) in [6.07, 6.45) is 5.07. The average molecular weight is 645 g/mol. The highest BCUT2D eigenvalue weighted by Gasteiger charge is 2.28. The molecule has 10 heteroatoms. The van der Waals surface area contributed by atoms with E-state index in [1.54, 1.807) is 17.3 Å². The smallest absolute Gasteiger partial charge is 0.410 e. The third-order valence-corrected chi connectivity index (χ3v) is 8.00. The van der Waals surface area contributed by atoms with Gasteiger partial charge in [0.1, 0.15) is 11.4 Å². The van der Waals surface area contributed by atoms with Crippen molar-refractivity contribution in [2.75, 3.05) is 23.7 Å². The Bertz CT molecular complexity index is 1920.